The number of aromatic nitrogens is 1. The van der Waals surface area contributed by atoms with Gasteiger partial charge in [0.25, 0.3) is 5.91 Å². The maximum atomic E-state index is 12.4. The van der Waals surface area contributed by atoms with Crippen molar-refractivity contribution >= 4 is 44.1 Å². The highest BCUT2D eigenvalue weighted by molar-refractivity contribution is 9.10. The number of para-hydroxylation sites is 1. The lowest BCUT2D eigenvalue weighted by Crippen LogP contribution is -2.34. The van der Waals surface area contributed by atoms with Crippen LogP contribution in [0.2, 0.25) is 0 Å². The van der Waals surface area contributed by atoms with Gasteiger partial charge in [-0.2, -0.15) is 11.3 Å². The molecule has 0 fully saturated rings. The Hall–Kier alpha value is -1.59. The number of thiophene rings is 1. The van der Waals surface area contributed by atoms with Gasteiger partial charge in [0.2, 0.25) is 0 Å². The molecule has 1 atom stereocenters. The lowest BCUT2D eigenvalue weighted by Gasteiger charge is -2.12. The first kappa shape index (κ1) is 14.4. The van der Waals surface area contributed by atoms with Gasteiger partial charge in [0.05, 0.1) is 4.47 Å². The largest absolute Gasteiger partial charge is 0.350 e. The van der Waals surface area contributed by atoms with Gasteiger partial charge in [0.1, 0.15) is 5.69 Å². The van der Waals surface area contributed by atoms with Crippen molar-refractivity contribution in [2.45, 2.75) is 19.4 Å². The summed E-state index contributed by atoms with van der Waals surface area (Å²) < 4.78 is 0.818. The highest BCUT2D eigenvalue weighted by Gasteiger charge is 2.17. The van der Waals surface area contributed by atoms with Gasteiger partial charge in [-0.15, -0.1) is 0 Å². The quantitative estimate of drug-likeness (QED) is 0.711. The number of nitrogens with one attached hydrogen (secondary N) is 2. The van der Waals surface area contributed by atoms with Crippen LogP contribution in [0.3, 0.4) is 0 Å². The Balaban J connectivity index is 1.76. The van der Waals surface area contributed by atoms with Crippen LogP contribution in [-0.4, -0.2) is 16.9 Å². The molecular weight excluding hydrogens is 348 g/mol. The van der Waals surface area contributed by atoms with Crippen molar-refractivity contribution in [3.05, 3.63) is 56.8 Å². The molecule has 3 aromatic rings. The summed E-state index contributed by atoms with van der Waals surface area (Å²) in [5.41, 5.74) is 2.79. The van der Waals surface area contributed by atoms with Gasteiger partial charge in [0, 0.05) is 16.9 Å². The van der Waals surface area contributed by atoms with E-state index < -0.39 is 0 Å². The Kier molecular flexibility index (Phi) is 4.12. The second kappa shape index (κ2) is 6.03. The van der Waals surface area contributed by atoms with Crippen LogP contribution in [0.25, 0.3) is 10.9 Å². The minimum Gasteiger partial charge on any atom is -0.350 e. The van der Waals surface area contributed by atoms with Gasteiger partial charge >= 0.3 is 0 Å². The average Bonchev–Trinajstić information content (AvgIpc) is 3.07. The summed E-state index contributed by atoms with van der Waals surface area (Å²) in [5, 5.41) is 8.23. The van der Waals surface area contributed by atoms with Gasteiger partial charge < -0.3 is 10.3 Å². The molecule has 2 aromatic heterocycles. The molecule has 3 rings (SSSR count). The Labute approximate surface area is 135 Å². The highest BCUT2D eigenvalue weighted by Crippen LogP contribution is 2.27. The highest BCUT2D eigenvalue weighted by atomic mass is 79.9. The van der Waals surface area contributed by atoms with E-state index in [1.165, 1.54) is 5.56 Å². The first-order chi connectivity index (χ1) is 10.1. The maximum absolute atomic E-state index is 12.4. The molecule has 0 aliphatic rings. The maximum Gasteiger partial charge on any atom is 0.269 e. The summed E-state index contributed by atoms with van der Waals surface area (Å²) in [7, 11) is 0. The summed E-state index contributed by atoms with van der Waals surface area (Å²) in [6, 6.07) is 10.0. The number of carbonyl (C=O) groups is 1. The molecule has 0 aliphatic heterocycles. The predicted octanol–water partition coefficient (Wildman–Crippen LogP) is 4.35. The van der Waals surface area contributed by atoms with E-state index in [-0.39, 0.29) is 11.9 Å². The summed E-state index contributed by atoms with van der Waals surface area (Å²) in [5.74, 6) is -0.0826. The van der Waals surface area contributed by atoms with Crippen LogP contribution in [0.5, 0.6) is 0 Å². The van der Waals surface area contributed by atoms with Gasteiger partial charge in [-0.1, -0.05) is 18.2 Å². The Morgan fingerprint density at radius 1 is 1.38 bits per heavy atom. The number of halogens is 1. The first-order valence-electron chi connectivity index (χ1n) is 6.73. The van der Waals surface area contributed by atoms with Crippen molar-refractivity contribution in [1.82, 2.24) is 10.3 Å². The third kappa shape index (κ3) is 3.04. The van der Waals surface area contributed by atoms with Crippen molar-refractivity contribution in [1.29, 1.82) is 0 Å². The molecule has 0 aliphatic carbocycles. The van der Waals surface area contributed by atoms with Crippen LogP contribution in [0.1, 0.15) is 23.0 Å². The van der Waals surface area contributed by atoms with Gasteiger partial charge in [-0.3, -0.25) is 4.79 Å². The molecule has 5 heteroatoms. The molecular formula is C16H15BrN2OS. The number of rotatable bonds is 4. The van der Waals surface area contributed by atoms with Crippen molar-refractivity contribution in [2.75, 3.05) is 0 Å². The third-order valence-electron chi connectivity index (χ3n) is 3.37. The Morgan fingerprint density at radius 3 is 2.90 bits per heavy atom. The molecule has 0 saturated carbocycles. The van der Waals surface area contributed by atoms with Gasteiger partial charge in [-0.25, -0.2) is 0 Å². The molecule has 2 N–H and O–H groups in total. The van der Waals surface area contributed by atoms with E-state index in [0.717, 1.165) is 21.8 Å². The number of amides is 1. The summed E-state index contributed by atoms with van der Waals surface area (Å²) in [6.07, 6.45) is 0.840. The van der Waals surface area contributed by atoms with E-state index in [9.17, 15) is 4.79 Å². The second-order valence-electron chi connectivity index (χ2n) is 5.07. The van der Waals surface area contributed by atoms with E-state index in [2.05, 4.69) is 43.1 Å². The molecule has 1 aromatic carbocycles. The monoisotopic (exact) mass is 362 g/mol. The molecule has 0 saturated heterocycles. The molecule has 0 radical (unpaired) electrons. The molecule has 0 bridgehead atoms. The van der Waals surface area contributed by atoms with E-state index >= 15 is 0 Å². The Bertz CT molecular complexity index is 764. The molecule has 1 unspecified atom stereocenters. The average molecular weight is 363 g/mol. The fourth-order valence-electron chi connectivity index (χ4n) is 2.37. The molecule has 3 nitrogen and oxygen atoms in total. The second-order valence-corrected chi connectivity index (χ2v) is 6.64. The van der Waals surface area contributed by atoms with E-state index in [0.29, 0.717) is 5.69 Å². The first-order valence-corrected chi connectivity index (χ1v) is 8.47. The van der Waals surface area contributed by atoms with E-state index in [4.69, 9.17) is 0 Å². The minimum atomic E-state index is -0.0826. The van der Waals surface area contributed by atoms with Crippen LogP contribution < -0.4 is 5.32 Å². The lowest BCUT2D eigenvalue weighted by atomic mass is 10.1. The van der Waals surface area contributed by atoms with E-state index in [1.54, 1.807) is 11.3 Å². The molecule has 2 heterocycles. The number of H-pyrrole nitrogens is 1. The fraction of sp³-hybridized carbons (Fsp3) is 0.188. The van der Waals surface area contributed by atoms with Crippen LogP contribution in [-0.2, 0) is 6.42 Å². The number of carbonyl (C=O) groups excluding carboxylic acids is 1. The zero-order chi connectivity index (χ0) is 14.8. The molecule has 21 heavy (non-hydrogen) atoms. The van der Waals surface area contributed by atoms with Crippen molar-refractivity contribution in [3.63, 3.8) is 0 Å². The van der Waals surface area contributed by atoms with Gasteiger partial charge in [-0.05, 0) is 57.7 Å². The zero-order valence-corrected chi connectivity index (χ0v) is 13.9. The van der Waals surface area contributed by atoms with Crippen LogP contribution in [0.15, 0.2) is 45.6 Å². The molecule has 1 amide bonds. The summed E-state index contributed by atoms with van der Waals surface area (Å²) in [4.78, 5) is 15.6. The molecule has 0 spiro atoms. The third-order valence-corrected chi connectivity index (χ3v) is 4.92. The topological polar surface area (TPSA) is 44.9 Å². The molecule has 108 valence electrons. The SMILES string of the molecule is CC(Cc1ccsc1)NC(=O)c1[nH]c2ccccc2c1Br. The van der Waals surface area contributed by atoms with E-state index in [1.807, 2.05) is 31.2 Å². The minimum absolute atomic E-state index is 0.0826. The number of benzene rings is 1. The number of aromatic amines is 1. The predicted molar refractivity (Wildman–Crippen MR) is 90.9 cm³/mol. The van der Waals surface area contributed by atoms with Crippen LogP contribution >= 0.6 is 27.3 Å². The smallest absolute Gasteiger partial charge is 0.269 e. The number of hydrogen-bond acceptors (Lipinski definition) is 2. The van der Waals surface area contributed by atoms with Crippen LogP contribution in [0, 0.1) is 0 Å². The number of hydrogen-bond donors (Lipinski definition) is 2. The lowest BCUT2D eigenvalue weighted by molar-refractivity contribution is 0.0935. The summed E-state index contributed by atoms with van der Waals surface area (Å²) in [6.45, 7) is 2.02. The standard InChI is InChI=1S/C16H15BrN2OS/c1-10(8-11-6-7-21-9-11)18-16(20)15-14(17)12-4-2-3-5-13(12)19-15/h2-7,9-10,19H,8H2,1H3,(H,18,20). The number of fused-ring (bicyclic) bond motifs is 1. The normalized spacial score (nSPS) is 12.5. The summed E-state index contributed by atoms with van der Waals surface area (Å²) >= 11 is 5.19. The Morgan fingerprint density at radius 2 is 2.19 bits per heavy atom. The fourth-order valence-corrected chi connectivity index (χ4v) is 3.68. The van der Waals surface area contributed by atoms with Crippen molar-refractivity contribution < 1.29 is 4.79 Å². The zero-order valence-electron chi connectivity index (χ0n) is 11.5. The van der Waals surface area contributed by atoms with Crippen molar-refractivity contribution in [3.8, 4) is 0 Å². The van der Waals surface area contributed by atoms with Crippen LogP contribution in [0.4, 0.5) is 0 Å². The van der Waals surface area contributed by atoms with Crippen molar-refractivity contribution in [2.24, 2.45) is 0 Å². The van der Waals surface area contributed by atoms with Gasteiger partial charge in [0.15, 0.2) is 0 Å².